The molecule has 0 fully saturated rings. The predicted molar refractivity (Wildman–Crippen MR) is 218 cm³/mol. The van der Waals surface area contributed by atoms with Crippen molar-refractivity contribution in [3.8, 4) is 27.9 Å². The van der Waals surface area contributed by atoms with E-state index in [-0.39, 0.29) is 0 Å². The van der Waals surface area contributed by atoms with Crippen molar-refractivity contribution >= 4 is 72.6 Å². The molecule has 0 amide bonds. The lowest BCUT2D eigenvalue weighted by Gasteiger charge is -2.33. The monoisotopic (exact) mass is 682 g/mol. The number of aromatic nitrogens is 1. The lowest BCUT2D eigenvalue weighted by Crippen LogP contribution is -2.14. The lowest BCUT2D eigenvalue weighted by atomic mass is 10.0. The van der Waals surface area contributed by atoms with Crippen LogP contribution in [0.5, 0.6) is 0 Å². The maximum absolute atomic E-state index is 6.18. The van der Waals surface area contributed by atoms with Gasteiger partial charge in [-0.05, 0) is 101 Å². The van der Waals surface area contributed by atoms with Crippen LogP contribution in [-0.2, 0) is 0 Å². The van der Waals surface area contributed by atoms with Crippen molar-refractivity contribution in [2.45, 2.75) is 9.79 Å². The second-order valence-electron chi connectivity index (χ2n) is 13.4. The van der Waals surface area contributed by atoms with Gasteiger partial charge in [0.05, 0.1) is 22.4 Å². The summed E-state index contributed by atoms with van der Waals surface area (Å²) in [5.41, 5.74) is 13.7. The van der Waals surface area contributed by atoms with Crippen LogP contribution < -0.4 is 4.90 Å². The molecule has 11 rings (SSSR count). The van der Waals surface area contributed by atoms with E-state index < -0.39 is 0 Å². The van der Waals surface area contributed by atoms with Gasteiger partial charge in [0.1, 0.15) is 11.2 Å². The van der Waals surface area contributed by atoms with Crippen LogP contribution in [0.3, 0.4) is 0 Å². The van der Waals surface area contributed by atoms with E-state index in [2.05, 4.69) is 179 Å². The van der Waals surface area contributed by atoms with Crippen molar-refractivity contribution in [3.63, 3.8) is 0 Å². The van der Waals surface area contributed by atoms with Gasteiger partial charge >= 0.3 is 0 Å². The molecule has 244 valence electrons. The van der Waals surface area contributed by atoms with Gasteiger partial charge in [-0.25, -0.2) is 0 Å². The highest BCUT2D eigenvalue weighted by Gasteiger charge is 2.26. The third-order valence-electron chi connectivity index (χ3n) is 10.4. The summed E-state index contributed by atoms with van der Waals surface area (Å²) >= 11 is 1.84. The number of benzene rings is 8. The molecule has 0 atom stereocenters. The van der Waals surface area contributed by atoms with Crippen LogP contribution in [-0.4, -0.2) is 4.57 Å². The molecular formula is C48H30N2OS. The Morgan fingerprint density at radius 3 is 2.00 bits per heavy atom. The Kier molecular flexibility index (Phi) is 6.48. The van der Waals surface area contributed by atoms with Gasteiger partial charge < -0.3 is 13.9 Å². The SMILES string of the molecule is c1ccc(-c2cccc(-n3c4ccccc4c4cc(-c5ccc6c(c5)Sc5ccccc5N6c5ccc6oc7ccccc7c6c5)ccc43)c2)cc1. The number of hydrogen-bond donors (Lipinski definition) is 0. The maximum Gasteiger partial charge on any atom is 0.135 e. The highest BCUT2D eigenvalue weighted by molar-refractivity contribution is 7.99. The van der Waals surface area contributed by atoms with Crippen LogP contribution >= 0.6 is 11.8 Å². The number of anilines is 3. The molecule has 0 unspecified atom stereocenters. The summed E-state index contributed by atoms with van der Waals surface area (Å²) in [4.78, 5) is 4.86. The fourth-order valence-electron chi connectivity index (χ4n) is 7.95. The molecule has 3 nitrogen and oxygen atoms in total. The lowest BCUT2D eigenvalue weighted by molar-refractivity contribution is 0.669. The van der Waals surface area contributed by atoms with Gasteiger partial charge in [0, 0.05) is 42.7 Å². The van der Waals surface area contributed by atoms with E-state index in [0.29, 0.717) is 0 Å². The van der Waals surface area contributed by atoms with Crippen molar-refractivity contribution in [3.05, 3.63) is 182 Å². The van der Waals surface area contributed by atoms with Crippen LogP contribution in [0.1, 0.15) is 0 Å². The average Bonchev–Trinajstić information content (AvgIpc) is 3.75. The summed E-state index contributed by atoms with van der Waals surface area (Å²) < 4.78 is 8.58. The minimum absolute atomic E-state index is 0.904. The van der Waals surface area contributed by atoms with Crippen LogP contribution in [0.25, 0.3) is 71.7 Å². The first-order chi connectivity index (χ1) is 25.8. The van der Waals surface area contributed by atoms with Crippen molar-refractivity contribution in [1.29, 1.82) is 0 Å². The van der Waals surface area contributed by atoms with Crippen molar-refractivity contribution in [2.24, 2.45) is 0 Å². The molecule has 0 bridgehead atoms. The van der Waals surface area contributed by atoms with E-state index in [1.807, 2.05) is 23.9 Å². The molecule has 8 aromatic carbocycles. The number of para-hydroxylation sites is 3. The number of nitrogens with zero attached hydrogens (tertiary/aromatic N) is 2. The van der Waals surface area contributed by atoms with E-state index in [1.165, 1.54) is 65.2 Å². The molecule has 2 aromatic heterocycles. The van der Waals surface area contributed by atoms with E-state index in [4.69, 9.17) is 4.42 Å². The summed E-state index contributed by atoms with van der Waals surface area (Å²) in [5, 5.41) is 4.76. The largest absolute Gasteiger partial charge is 0.456 e. The third-order valence-corrected chi connectivity index (χ3v) is 11.5. The Bertz CT molecular complexity index is 3010. The quantitative estimate of drug-likeness (QED) is 0.184. The number of fused-ring (bicyclic) bond motifs is 8. The smallest absolute Gasteiger partial charge is 0.135 e. The Hall–Kier alpha value is -6.49. The van der Waals surface area contributed by atoms with Gasteiger partial charge in [0.2, 0.25) is 0 Å². The first-order valence-corrected chi connectivity index (χ1v) is 18.4. The molecule has 1 aliphatic heterocycles. The predicted octanol–water partition coefficient (Wildman–Crippen LogP) is 14.0. The van der Waals surface area contributed by atoms with E-state index in [0.717, 1.165) is 33.3 Å². The highest BCUT2D eigenvalue weighted by Crippen LogP contribution is 2.53. The molecule has 0 radical (unpaired) electrons. The Morgan fingerprint density at radius 1 is 0.365 bits per heavy atom. The molecule has 0 saturated heterocycles. The van der Waals surface area contributed by atoms with Gasteiger partial charge in [-0.3, -0.25) is 0 Å². The zero-order valence-corrected chi connectivity index (χ0v) is 28.8. The van der Waals surface area contributed by atoms with E-state index in [1.54, 1.807) is 0 Å². The van der Waals surface area contributed by atoms with Crippen LogP contribution in [0.2, 0.25) is 0 Å². The average molecular weight is 683 g/mol. The fourth-order valence-corrected chi connectivity index (χ4v) is 9.05. The van der Waals surface area contributed by atoms with Gasteiger partial charge in [0.25, 0.3) is 0 Å². The summed E-state index contributed by atoms with van der Waals surface area (Å²) in [5.74, 6) is 0. The fraction of sp³-hybridized carbons (Fsp3) is 0. The molecule has 0 aliphatic carbocycles. The van der Waals surface area contributed by atoms with Crippen LogP contribution in [0.4, 0.5) is 17.1 Å². The Balaban J connectivity index is 1.03. The van der Waals surface area contributed by atoms with Crippen LogP contribution in [0.15, 0.2) is 196 Å². The minimum Gasteiger partial charge on any atom is -0.456 e. The summed E-state index contributed by atoms with van der Waals surface area (Å²) in [6, 6.07) is 65.6. The normalized spacial score (nSPS) is 12.5. The summed E-state index contributed by atoms with van der Waals surface area (Å²) in [6.07, 6.45) is 0. The number of rotatable bonds is 4. The van der Waals surface area contributed by atoms with E-state index in [9.17, 15) is 0 Å². The van der Waals surface area contributed by atoms with Gasteiger partial charge in [-0.1, -0.05) is 115 Å². The zero-order valence-electron chi connectivity index (χ0n) is 28.0. The standard InChI is InChI=1S/C48H30N2OS/c1-2-11-31(12-3-1)32-13-10-14-35(27-32)49-41-17-6-4-15-37(41)39-28-33(21-24-42(39)49)34-22-25-44-48(29-34)52-47-20-9-7-18-43(47)50(44)36-23-26-46-40(30-36)38-16-5-8-19-45(38)51-46/h1-30H. The highest BCUT2D eigenvalue weighted by atomic mass is 32.2. The summed E-state index contributed by atoms with van der Waals surface area (Å²) in [7, 11) is 0. The molecule has 0 saturated carbocycles. The molecule has 4 heteroatoms. The summed E-state index contributed by atoms with van der Waals surface area (Å²) in [6.45, 7) is 0. The molecule has 10 aromatic rings. The first-order valence-electron chi connectivity index (χ1n) is 17.6. The Morgan fingerprint density at radius 2 is 1.06 bits per heavy atom. The van der Waals surface area contributed by atoms with Gasteiger partial charge in [-0.15, -0.1) is 0 Å². The van der Waals surface area contributed by atoms with Crippen LogP contribution in [0, 0.1) is 0 Å². The van der Waals surface area contributed by atoms with Gasteiger partial charge in [-0.2, -0.15) is 0 Å². The zero-order chi connectivity index (χ0) is 34.2. The van der Waals surface area contributed by atoms with Gasteiger partial charge in [0.15, 0.2) is 0 Å². The molecule has 3 heterocycles. The number of furan rings is 1. The molecule has 0 N–H and O–H groups in total. The number of hydrogen-bond acceptors (Lipinski definition) is 3. The Labute approximate surface area is 305 Å². The minimum atomic E-state index is 0.904. The second kappa shape index (κ2) is 11.5. The van der Waals surface area contributed by atoms with Crippen molar-refractivity contribution in [1.82, 2.24) is 4.57 Å². The second-order valence-corrected chi connectivity index (χ2v) is 14.5. The van der Waals surface area contributed by atoms with Crippen molar-refractivity contribution in [2.75, 3.05) is 4.90 Å². The maximum atomic E-state index is 6.18. The molecular weight excluding hydrogens is 653 g/mol. The molecule has 0 spiro atoms. The third kappa shape index (κ3) is 4.55. The molecule has 52 heavy (non-hydrogen) atoms. The molecule has 1 aliphatic rings. The topological polar surface area (TPSA) is 21.3 Å². The van der Waals surface area contributed by atoms with E-state index >= 15 is 0 Å². The van der Waals surface area contributed by atoms with Crippen molar-refractivity contribution < 1.29 is 4.42 Å². The first kappa shape index (κ1) is 29.3.